The van der Waals surface area contributed by atoms with Gasteiger partial charge >= 0.3 is 0 Å². The minimum atomic E-state index is 0. The van der Waals surface area contributed by atoms with E-state index in [1.165, 1.54) is 0 Å². The lowest BCUT2D eigenvalue weighted by Gasteiger charge is -2.23. The molecule has 1 saturated heterocycles. The molecule has 2 aromatic carbocycles. The van der Waals surface area contributed by atoms with Crippen molar-refractivity contribution in [2.45, 2.75) is 34.1 Å². The highest BCUT2D eigenvalue weighted by Gasteiger charge is 2.18. The van der Waals surface area contributed by atoms with Crippen LogP contribution in [0.25, 0.3) is 22.3 Å². The Morgan fingerprint density at radius 3 is 1.15 bits per heavy atom. The summed E-state index contributed by atoms with van der Waals surface area (Å²) in [7, 11) is 0. The summed E-state index contributed by atoms with van der Waals surface area (Å²) >= 11 is 0. The highest BCUT2D eigenvalue weighted by atomic mass is 35.5. The molecule has 0 bridgehead atoms. The highest BCUT2D eigenvalue weighted by molar-refractivity contribution is 5.86. The highest BCUT2D eigenvalue weighted by Crippen LogP contribution is 2.29. The van der Waals surface area contributed by atoms with Gasteiger partial charge in [-0.1, -0.05) is 0 Å². The SMILES string of the molecule is Cc1cc(-c2ccc(N3CCCN(c4ccc(-c5cc(C)c(N)c(C)c5)cn4)CC3)nc2)cc(C)c1N.Cl.Cl.Cl.Cl. The van der Waals surface area contributed by atoms with Crippen LogP contribution in [-0.4, -0.2) is 36.1 Å². The predicted molar refractivity (Wildman–Crippen MR) is 185 cm³/mol. The Labute approximate surface area is 268 Å². The van der Waals surface area contributed by atoms with E-state index in [9.17, 15) is 0 Å². The zero-order chi connectivity index (χ0) is 26.1. The summed E-state index contributed by atoms with van der Waals surface area (Å²) in [5, 5.41) is 0. The van der Waals surface area contributed by atoms with Crippen LogP contribution in [0.1, 0.15) is 28.7 Å². The number of hydrogen-bond donors (Lipinski definition) is 2. The summed E-state index contributed by atoms with van der Waals surface area (Å²) in [6.45, 7) is 12.0. The van der Waals surface area contributed by atoms with E-state index in [0.29, 0.717) is 0 Å². The molecular weight excluding hydrogens is 598 g/mol. The summed E-state index contributed by atoms with van der Waals surface area (Å²) in [6, 6.07) is 17.1. The Balaban J connectivity index is 0.00000210. The van der Waals surface area contributed by atoms with Crippen molar-refractivity contribution >= 4 is 72.6 Å². The van der Waals surface area contributed by atoms with E-state index in [0.717, 1.165) is 100 Å². The maximum absolute atomic E-state index is 6.13. The van der Waals surface area contributed by atoms with Gasteiger partial charge in [-0.25, -0.2) is 9.97 Å². The molecule has 3 heterocycles. The maximum atomic E-state index is 6.13. The molecule has 0 radical (unpaired) electrons. The van der Waals surface area contributed by atoms with Crippen molar-refractivity contribution in [2.24, 2.45) is 0 Å². The standard InChI is InChI=1S/C31H36N6.4ClH/c1-20-14-26(15-21(2)30(20)32)24-6-8-28(34-18-24)36-10-5-11-37(13-12-36)29-9-7-25(19-35-29)27-16-22(3)31(33)23(4)17-27;;;;/h6-9,14-19H,5,10-13,32-33H2,1-4H3;4*1H. The van der Waals surface area contributed by atoms with E-state index < -0.39 is 0 Å². The van der Waals surface area contributed by atoms with Gasteiger partial charge < -0.3 is 21.3 Å². The number of rotatable bonds is 4. The zero-order valence-electron chi connectivity index (χ0n) is 23.9. The minimum Gasteiger partial charge on any atom is -0.398 e. The summed E-state index contributed by atoms with van der Waals surface area (Å²) < 4.78 is 0. The molecule has 41 heavy (non-hydrogen) atoms. The van der Waals surface area contributed by atoms with Crippen molar-refractivity contribution < 1.29 is 0 Å². The third kappa shape index (κ3) is 7.89. The molecule has 10 heteroatoms. The summed E-state index contributed by atoms with van der Waals surface area (Å²) in [5.74, 6) is 2.04. The number of nitrogens with two attached hydrogens (primary N) is 2. The second kappa shape index (κ2) is 15.4. The Hall–Kier alpha value is -2.90. The van der Waals surface area contributed by atoms with Gasteiger partial charge in [0, 0.05) is 61.1 Å². The number of halogens is 4. The van der Waals surface area contributed by atoms with Crippen LogP contribution >= 0.6 is 49.6 Å². The molecule has 1 fully saturated rings. The van der Waals surface area contributed by atoms with Crippen LogP contribution in [0.15, 0.2) is 60.9 Å². The molecule has 0 atom stereocenters. The Kier molecular flexibility index (Phi) is 13.5. The first-order valence-electron chi connectivity index (χ1n) is 13.0. The van der Waals surface area contributed by atoms with E-state index in [4.69, 9.17) is 21.4 Å². The van der Waals surface area contributed by atoms with Crippen molar-refractivity contribution in [3.8, 4) is 22.3 Å². The summed E-state index contributed by atoms with van der Waals surface area (Å²) in [6.07, 6.45) is 5.01. The number of nitrogen functional groups attached to an aromatic ring is 2. The summed E-state index contributed by atoms with van der Waals surface area (Å²) in [4.78, 5) is 14.4. The van der Waals surface area contributed by atoms with E-state index in [-0.39, 0.29) is 49.6 Å². The van der Waals surface area contributed by atoms with E-state index in [1.807, 2.05) is 12.4 Å². The quantitative estimate of drug-likeness (QED) is 0.224. The number of hydrogen-bond acceptors (Lipinski definition) is 6. The van der Waals surface area contributed by atoms with Crippen LogP contribution in [0.4, 0.5) is 23.0 Å². The van der Waals surface area contributed by atoms with Gasteiger partial charge in [0.15, 0.2) is 0 Å². The van der Waals surface area contributed by atoms with Crippen molar-refractivity contribution in [3.05, 3.63) is 83.2 Å². The molecule has 222 valence electrons. The Morgan fingerprint density at radius 2 is 0.854 bits per heavy atom. The van der Waals surface area contributed by atoms with Crippen LogP contribution < -0.4 is 21.3 Å². The number of benzene rings is 2. The van der Waals surface area contributed by atoms with Crippen molar-refractivity contribution in [2.75, 3.05) is 47.4 Å². The predicted octanol–water partition coefficient (Wildman–Crippen LogP) is 7.61. The molecule has 5 rings (SSSR count). The average Bonchev–Trinajstić information content (AvgIpc) is 3.16. The normalized spacial score (nSPS) is 12.7. The molecule has 0 saturated carbocycles. The van der Waals surface area contributed by atoms with Gasteiger partial charge in [0.05, 0.1) is 0 Å². The Morgan fingerprint density at radius 1 is 0.512 bits per heavy atom. The first-order chi connectivity index (χ1) is 17.8. The van der Waals surface area contributed by atoms with E-state index in [2.05, 4.69) is 86.0 Å². The molecule has 0 spiro atoms. The van der Waals surface area contributed by atoms with Crippen LogP contribution in [0.2, 0.25) is 0 Å². The minimum absolute atomic E-state index is 0. The van der Waals surface area contributed by atoms with Gasteiger partial charge in [0.2, 0.25) is 0 Å². The fourth-order valence-corrected chi connectivity index (χ4v) is 5.15. The molecule has 0 amide bonds. The van der Waals surface area contributed by atoms with Gasteiger partial charge in [-0.3, -0.25) is 0 Å². The molecule has 4 N–H and O–H groups in total. The average molecular weight is 639 g/mol. The molecule has 1 aliphatic rings. The van der Waals surface area contributed by atoms with Gasteiger partial charge in [0.1, 0.15) is 11.6 Å². The van der Waals surface area contributed by atoms with Gasteiger partial charge in [-0.05, 0) is 116 Å². The molecule has 0 aliphatic carbocycles. The topological polar surface area (TPSA) is 84.3 Å². The van der Waals surface area contributed by atoms with E-state index >= 15 is 0 Å². The lowest BCUT2D eigenvalue weighted by molar-refractivity contribution is 0.794. The van der Waals surface area contributed by atoms with Gasteiger partial charge in [-0.15, -0.1) is 49.6 Å². The third-order valence-electron chi connectivity index (χ3n) is 7.49. The number of pyridine rings is 2. The zero-order valence-corrected chi connectivity index (χ0v) is 27.2. The smallest absolute Gasteiger partial charge is 0.128 e. The molecule has 1 aliphatic heterocycles. The van der Waals surface area contributed by atoms with Crippen LogP contribution in [0.5, 0.6) is 0 Å². The molecule has 0 unspecified atom stereocenters. The van der Waals surface area contributed by atoms with Gasteiger partial charge in [0.25, 0.3) is 0 Å². The van der Waals surface area contributed by atoms with Crippen LogP contribution in [-0.2, 0) is 0 Å². The molecule has 6 nitrogen and oxygen atoms in total. The first kappa shape index (κ1) is 36.1. The lowest BCUT2D eigenvalue weighted by Crippen LogP contribution is -2.31. The first-order valence-corrected chi connectivity index (χ1v) is 13.0. The summed E-state index contributed by atoms with van der Waals surface area (Å²) in [5.41, 5.74) is 22.9. The second-order valence-electron chi connectivity index (χ2n) is 10.2. The fraction of sp³-hybridized carbons (Fsp3) is 0.290. The number of aromatic nitrogens is 2. The number of nitrogens with zero attached hydrogens (tertiary/aromatic N) is 4. The van der Waals surface area contributed by atoms with Crippen LogP contribution in [0.3, 0.4) is 0 Å². The van der Waals surface area contributed by atoms with E-state index in [1.54, 1.807) is 0 Å². The maximum Gasteiger partial charge on any atom is 0.128 e. The second-order valence-corrected chi connectivity index (χ2v) is 10.2. The number of anilines is 4. The molecule has 2 aromatic heterocycles. The molecular formula is C31H40Cl4N6. The Bertz CT molecular complexity index is 1270. The third-order valence-corrected chi connectivity index (χ3v) is 7.49. The van der Waals surface area contributed by atoms with Crippen molar-refractivity contribution in [1.29, 1.82) is 0 Å². The van der Waals surface area contributed by atoms with Gasteiger partial charge in [-0.2, -0.15) is 0 Å². The van der Waals surface area contributed by atoms with Crippen LogP contribution in [0, 0.1) is 27.7 Å². The lowest BCUT2D eigenvalue weighted by atomic mass is 10.0. The van der Waals surface area contributed by atoms with Crippen molar-refractivity contribution in [3.63, 3.8) is 0 Å². The number of aryl methyl sites for hydroxylation is 4. The largest absolute Gasteiger partial charge is 0.398 e. The fourth-order valence-electron chi connectivity index (χ4n) is 5.15. The van der Waals surface area contributed by atoms with Crippen molar-refractivity contribution in [1.82, 2.24) is 9.97 Å². The molecule has 4 aromatic rings. The monoisotopic (exact) mass is 636 g/mol.